The smallest absolute Gasteiger partial charge is 0.349 e. The lowest BCUT2D eigenvalue weighted by atomic mass is 10.1. The zero-order chi connectivity index (χ0) is 20.8. The van der Waals surface area contributed by atoms with Crippen molar-refractivity contribution in [1.29, 1.82) is 0 Å². The van der Waals surface area contributed by atoms with Crippen molar-refractivity contribution < 1.29 is 36.9 Å². The molecule has 0 aliphatic carbocycles. The summed E-state index contributed by atoms with van der Waals surface area (Å²) in [5.41, 5.74) is 1.61. The molecule has 2 fully saturated rings. The Balaban J connectivity index is 1.40. The molecule has 1 unspecified atom stereocenters. The van der Waals surface area contributed by atoms with E-state index in [9.17, 15) is 18.5 Å². The van der Waals surface area contributed by atoms with E-state index >= 15 is 0 Å². The lowest BCUT2D eigenvalue weighted by Gasteiger charge is -2.30. The zero-order valence-corrected chi connectivity index (χ0v) is 17.0. The van der Waals surface area contributed by atoms with Crippen LogP contribution in [0.15, 0.2) is 30.2 Å². The molecule has 4 atom stereocenters. The molecular weight excluding hydrogens is 428 g/mol. The Bertz CT molecular complexity index is 939. The highest BCUT2D eigenvalue weighted by molar-refractivity contribution is 7.48. The van der Waals surface area contributed by atoms with Crippen molar-refractivity contribution in [2.45, 2.75) is 44.8 Å². The number of phosphoric ester groups is 1. The van der Waals surface area contributed by atoms with Gasteiger partial charge in [-0.2, -0.15) is 0 Å². The molecule has 0 saturated carbocycles. The van der Waals surface area contributed by atoms with E-state index in [0.717, 1.165) is 16.7 Å². The summed E-state index contributed by atoms with van der Waals surface area (Å²) >= 11 is 6.15. The number of carbonyl (C=O) groups is 2. The number of hydrogen-bond donors (Lipinski definition) is 0. The third kappa shape index (κ3) is 4.30. The average molecular weight is 446 g/mol. The highest BCUT2D eigenvalue weighted by Gasteiger charge is 2.49. The van der Waals surface area contributed by atoms with Crippen LogP contribution in [0.5, 0.6) is 0 Å². The molecule has 0 bridgehead atoms. The van der Waals surface area contributed by atoms with Gasteiger partial charge < -0.3 is 4.74 Å². The van der Waals surface area contributed by atoms with Crippen LogP contribution in [0, 0.1) is 6.92 Å². The van der Waals surface area contributed by atoms with E-state index in [1.807, 2.05) is 13.0 Å². The Labute approximate surface area is 171 Å². The summed E-state index contributed by atoms with van der Waals surface area (Å²) in [6.07, 6.45) is -1.72. The first-order valence-corrected chi connectivity index (χ1v) is 10.8. The molecule has 3 heterocycles. The van der Waals surface area contributed by atoms with Gasteiger partial charge in [0, 0.05) is 17.6 Å². The molecule has 11 heteroatoms. The van der Waals surface area contributed by atoms with Crippen molar-refractivity contribution in [2.75, 3.05) is 6.61 Å². The summed E-state index contributed by atoms with van der Waals surface area (Å²) in [5, 5.41) is 0.475. The molecule has 0 N–H and O–H groups in total. The molecule has 156 valence electrons. The van der Waals surface area contributed by atoms with Crippen LogP contribution in [0.1, 0.15) is 24.0 Å². The van der Waals surface area contributed by atoms with E-state index in [1.165, 1.54) is 0 Å². The van der Waals surface area contributed by atoms with Crippen molar-refractivity contribution in [3.8, 4) is 0 Å². The molecule has 2 saturated heterocycles. The van der Waals surface area contributed by atoms with Crippen LogP contribution in [0.2, 0.25) is 5.02 Å². The van der Waals surface area contributed by atoms with Crippen LogP contribution in [0.3, 0.4) is 0 Å². The minimum atomic E-state index is -3.87. The van der Waals surface area contributed by atoms with Gasteiger partial charge in [-0.3, -0.25) is 28.1 Å². The molecular formula is C18H18ClFNO7P. The Morgan fingerprint density at radius 3 is 2.90 bits per heavy atom. The summed E-state index contributed by atoms with van der Waals surface area (Å²) in [5.74, 6) is -2.45. The largest absolute Gasteiger partial charge is 0.475 e. The number of ketones is 1. The minimum Gasteiger partial charge on any atom is -0.349 e. The predicted molar refractivity (Wildman–Crippen MR) is 98.3 cm³/mol. The Morgan fingerprint density at radius 2 is 2.14 bits per heavy atom. The van der Waals surface area contributed by atoms with Gasteiger partial charge in [0.15, 0.2) is 5.83 Å². The molecule has 0 radical (unpaired) electrons. The molecule has 29 heavy (non-hydrogen) atoms. The number of benzene rings is 1. The van der Waals surface area contributed by atoms with Crippen LogP contribution >= 0.6 is 19.4 Å². The van der Waals surface area contributed by atoms with Crippen molar-refractivity contribution in [3.63, 3.8) is 0 Å². The van der Waals surface area contributed by atoms with E-state index in [4.69, 9.17) is 29.9 Å². The van der Waals surface area contributed by atoms with Crippen LogP contribution in [0.4, 0.5) is 4.39 Å². The van der Waals surface area contributed by atoms with E-state index in [2.05, 4.69) is 0 Å². The maximum absolute atomic E-state index is 13.6. The van der Waals surface area contributed by atoms with Crippen molar-refractivity contribution in [2.24, 2.45) is 0 Å². The number of allylic oxidation sites excluding steroid dienone is 1. The first kappa shape index (κ1) is 20.7. The second kappa shape index (κ2) is 7.91. The van der Waals surface area contributed by atoms with E-state index < -0.39 is 50.2 Å². The maximum Gasteiger partial charge on any atom is 0.475 e. The zero-order valence-electron chi connectivity index (χ0n) is 15.4. The number of amides is 1. The van der Waals surface area contributed by atoms with Gasteiger partial charge in [-0.1, -0.05) is 23.7 Å². The number of nitrogens with zero attached hydrogens (tertiary/aromatic N) is 1. The Morgan fingerprint density at radius 1 is 1.34 bits per heavy atom. The van der Waals surface area contributed by atoms with Gasteiger partial charge in [0.05, 0.1) is 19.6 Å². The van der Waals surface area contributed by atoms with E-state index in [0.29, 0.717) is 10.6 Å². The number of halogens is 2. The van der Waals surface area contributed by atoms with Gasteiger partial charge in [0.2, 0.25) is 11.7 Å². The number of fused-ring (bicyclic) bond motifs is 1. The van der Waals surface area contributed by atoms with Crippen LogP contribution in [-0.4, -0.2) is 41.6 Å². The van der Waals surface area contributed by atoms with Crippen molar-refractivity contribution in [1.82, 2.24) is 4.90 Å². The number of hydrogen-bond acceptors (Lipinski definition) is 7. The van der Waals surface area contributed by atoms with Gasteiger partial charge in [-0.15, -0.1) is 0 Å². The summed E-state index contributed by atoms with van der Waals surface area (Å²) in [4.78, 5) is 24.4. The van der Waals surface area contributed by atoms with Gasteiger partial charge in [-0.05, 0) is 24.1 Å². The first-order valence-electron chi connectivity index (χ1n) is 8.94. The molecule has 3 aliphatic heterocycles. The molecule has 3 aliphatic rings. The van der Waals surface area contributed by atoms with E-state index in [-0.39, 0.29) is 19.6 Å². The van der Waals surface area contributed by atoms with Crippen molar-refractivity contribution >= 4 is 31.1 Å². The third-order valence-electron chi connectivity index (χ3n) is 4.86. The predicted octanol–water partition coefficient (Wildman–Crippen LogP) is 3.42. The standard InChI is InChI=1S/C18H18ClFNO7P/c1-10-2-3-11(12(19)4-10)8-25-29(24)26-9-16-15(28-29)6-18(27-16)21-7-13(20)14(22)5-17(21)23/h2-4,7,15-16,18H,5-6,8-9H2,1H3/t15-,16+,18+,29?/m0/s1. The quantitative estimate of drug-likeness (QED) is 0.518. The van der Waals surface area contributed by atoms with Crippen LogP contribution in [0.25, 0.3) is 0 Å². The SMILES string of the molecule is Cc1ccc(COP2(=O)OC[C@H]3O[C@@H](N4C=C(F)C(=O)CC4=O)C[C@@H]3O2)c(Cl)c1. The molecule has 1 amide bonds. The normalized spacial score (nSPS) is 32.3. The summed E-state index contributed by atoms with van der Waals surface area (Å²) in [6, 6.07) is 5.37. The first-order chi connectivity index (χ1) is 13.7. The number of carbonyl (C=O) groups excluding carboxylic acids is 2. The van der Waals surface area contributed by atoms with Crippen LogP contribution < -0.4 is 0 Å². The monoisotopic (exact) mass is 445 g/mol. The summed E-state index contributed by atoms with van der Waals surface area (Å²) in [7, 11) is -3.87. The number of Topliss-reactive ketones (excluding diaryl/α,β-unsaturated/α-hetero) is 1. The van der Waals surface area contributed by atoms with E-state index in [1.54, 1.807) is 12.1 Å². The molecule has 0 aromatic heterocycles. The Kier molecular flexibility index (Phi) is 5.63. The number of phosphoric acid groups is 1. The molecule has 0 spiro atoms. The summed E-state index contributed by atoms with van der Waals surface area (Å²) in [6.45, 7) is 1.75. The molecule has 1 aromatic rings. The average Bonchev–Trinajstić information content (AvgIpc) is 3.06. The fraction of sp³-hybridized carbons (Fsp3) is 0.444. The topological polar surface area (TPSA) is 91.4 Å². The minimum absolute atomic E-state index is 0.0707. The lowest BCUT2D eigenvalue weighted by molar-refractivity contribution is -0.146. The summed E-state index contributed by atoms with van der Waals surface area (Å²) < 4.78 is 48.3. The fourth-order valence-corrected chi connectivity index (χ4v) is 4.97. The van der Waals surface area contributed by atoms with Gasteiger partial charge >= 0.3 is 7.82 Å². The van der Waals surface area contributed by atoms with Gasteiger partial charge in [-0.25, -0.2) is 8.96 Å². The highest BCUT2D eigenvalue weighted by atomic mass is 35.5. The maximum atomic E-state index is 13.6. The number of aryl methyl sites for hydroxylation is 1. The fourth-order valence-electron chi connectivity index (χ4n) is 3.30. The molecule has 4 rings (SSSR count). The lowest BCUT2D eigenvalue weighted by Crippen LogP contribution is -2.40. The second-order valence-corrected chi connectivity index (χ2v) is 9.03. The molecule has 1 aromatic carbocycles. The second-order valence-electron chi connectivity index (χ2n) is 7.00. The third-order valence-corrected chi connectivity index (χ3v) is 6.65. The van der Waals surface area contributed by atoms with Gasteiger partial charge in [0.1, 0.15) is 18.4 Å². The number of rotatable bonds is 4. The number of ether oxygens (including phenoxy) is 1. The van der Waals surface area contributed by atoms with Crippen molar-refractivity contribution in [3.05, 3.63) is 46.4 Å². The van der Waals surface area contributed by atoms with Crippen LogP contribution in [-0.2, 0) is 39.1 Å². The van der Waals surface area contributed by atoms with Gasteiger partial charge in [0.25, 0.3) is 0 Å². The Hall–Kier alpha value is -1.61. The highest BCUT2D eigenvalue weighted by Crippen LogP contribution is 2.56. The molecule has 8 nitrogen and oxygen atoms in total.